The topological polar surface area (TPSA) is 37.5 Å². The van der Waals surface area contributed by atoms with Gasteiger partial charge < -0.3 is 9.73 Å². The van der Waals surface area contributed by atoms with Crippen LogP contribution in [0.3, 0.4) is 0 Å². The molecule has 0 fully saturated rings. The van der Waals surface area contributed by atoms with Crippen LogP contribution < -0.4 is 5.32 Å². The number of nitrogens with one attached hydrogen (secondary N) is 1. The van der Waals surface area contributed by atoms with Crippen LogP contribution in [0.15, 0.2) is 94.3 Å². The summed E-state index contributed by atoms with van der Waals surface area (Å²) < 4.78 is 5.99. The van der Waals surface area contributed by atoms with Crippen LogP contribution in [0.25, 0.3) is 11.0 Å². The van der Waals surface area contributed by atoms with Gasteiger partial charge in [0.1, 0.15) is 5.58 Å². The number of furan rings is 1. The van der Waals surface area contributed by atoms with Crippen molar-refractivity contribution in [2.45, 2.75) is 0 Å². The first-order valence-electron chi connectivity index (χ1n) is 7.83. The predicted molar refractivity (Wildman–Crippen MR) is 99.6 cm³/mol. The highest BCUT2D eigenvalue weighted by Crippen LogP contribution is 2.31. The molecule has 3 heteroatoms. The van der Waals surface area contributed by atoms with Crippen molar-refractivity contribution in [1.82, 2.24) is 0 Å². The first kappa shape index (κ1) is 14.3. The maximum absolute atomic E-state index is 5.99. The molecule has 0 unspecified atom stereocenters. The minimum absolute atomic E-state index is 0.696. The molecule has 0 saturated heterocycles. The minimum Gasteiger partial charge on any atom is -0.440 e. The highest BCUT2D eigenvalue weighted by atomic mass is 16.3. The van der Waals surface area contributed by atoms with Gasteiger partial charge in [0, 0.05) is 17.3 Å². The molecule has 0 bridgehead atoms. The molecule has 1 aromatic heterocycles. The molecule has 0 aliphatic heterocycles. The Hall–Kier alpha value is -3.33. The number of aliphatic imine (C=N–C) groups is 1. The molecular formula is C21H16N2O. The number of anilines is 2. The zero-order chi connectivity index (χ0) is 16.2. The second-order valence-corrected chi connectivity index (χ2v) is 5.43. The Morgan fingerprint density at radius 2 is 1.42 bits per heavy atom. The van der Waals surface area contributed by atoms with Crippen LogP contribution in [-0.2, 0) is 0 Å². The Labute approximate surface area is 140 Å². The third-order valence-electron chi connectivity index (χ3n) is 3.76. The number of para-hydroxylation sites is 3. The molecule has 4 rings (SSSR count). The molecule has 4 aromatic rings. The smallest absolute Gasteiger partial charge is 0.207 e. The fourth-order valence-electron chi connectivity index (χ4n) is 2.59. The second-order valence-electron chi connectivity index (χ2n) is 5.43. The van der Waals surface area contributed by atoms with Gasteiger partial charge in [0.05, 0.1) is 11.3 Å². The molecule has 0 atom stereocenters. The van der Waals surface area contributed by atoms with Crippen molar-refractivity contribution >= 4 is 34.4 Å². The number of rotatable bonds is 4. The van der Waals surface area contributed by atoms with E-state index in [9.17, 15) is 0 Å². The lowest BCUT2D eigenvalue weighted by molar-refractivity contribution is 0.634. The highest BCUT2D eigenvalue weighted by molar-refractivity contribution is 6.04. The van der Waals surface area contributed by atoms with Gasteiger partial charge in [0.2, 0.25) is 5.88 Å². The standard InChI is InChI=1S/C21H16N2O/c1-3-9-16(10-4-1)22-15-19-18-13-7-8-14-20(18)24-21(19)23-17-11-5-2-6-12-17/h1-15,23H. The Bertz CT molecular complexity index is 973. The Kier molecular flexibility index (Phi) is 3.82. The van der Waals surface area contributed by atoms with Crippen LogP contribution in [0.5, 0.6) is 0 Å². The van der Waals surface area contributed by atoms with Crippen LogP contribution in [0.1, 0.15) is 5.56 Å². The van der Waals surface area contributed by atoms with Crippen molar-refractivity contribution < 1.29 is 4.42 Å². The summed E-state index contributed by atoms with van der Waals surface area (Å²) in [5.41, 5.74) is 3.67. The van der Waals surface area contributed by atoms with Crippen molar-refractivity contribution in [1.29, 1.82) is 0 Å². The molecule has 0 aliphatic carbocycles. The van der Waals surface area contributed by atoms with Gasteiger partial charge in [-0.15, -0.1) is 0 Å². The Morgan fingerprint density at radius 1 is 0.750 bits per heavy atom. The van der Waals surface area contributed by atoms with Crippen LogP contribution in [0, 0.1) is 0 Å². The SMILES string of the molecule is C(=Nc1ccccc1)c1c(Nc2ccccc2)oc2ccccc12. The zero-order valence-electron chi connectivity index (χ0n) is 13.0. The fourth-order valence-corrected chi connectivity index (χ4v) is 2.59. The van der Waals surface area contributed by atoms with E-state index < -0.39 is 0 Å². The quantitative estimate of drug-likeness (QED) is 0.474. The van der Waals surface area contributed by atoms with Crippen LogP contribution in [-0.4, -0.2) is 6.21 Å². The van der Waals surface area contributed by atoms with Gasteiger partial charge in [-0.1, -0.05) is 54.6 Å². The van der Waals surface area contributed by atoms with Crippen molar-refractivity contribution in [3.8, 4) is 0 Å². The largest absolute Gasteiger partial charge is 0.440 e. The van der Waals surface area contributed by atoms with Crippen LogP contribution in [0.4, 0.5) is 17.3 Å². The van der Waals surface area contributed by atoms with Gasteiger partial charge in [-0.2, -0.15) is 0 Å². The maximum atomic E-state index is 5.99. The zero-order valence-corrected chi connectivity index (χ0v) is 13.0. The van der Waals surface area contributed by atoms with Crippen LogP contribution in [0.2, 0.25) is 0 Å². The summed E-state index contributed by atoms with van der Waals surface area (Å²) in [6.45, 7) is 0. The van der Waals surface area contributed by atoms with Crippen molar-refractivity contribution in [3.05, 3.63) is 90.5 Å². The molecule has 0 amide bonds. The fraction of sp³-hybridized carbons (Fsp3) is 0. The Balaban J connectivity index is 1.77. The van der Waals surface area contributed by atoms with E-state index in [0.29, 0.717) is 5.88 Å². The molecule has 3 aromatic carbocycles. The second kappa shape index (κ2) is 6.42. The third-order valence-corrected chi connectivity index (χ3v) is 3.76. The monoisotopic (exact) mass is 312 g/mol. The summed E-state index contributed by atoms with van der Waals surface area (Å²) in [7, 11) is 0. The molecule has 3 nitrogen and oxygen atoms in total. The van der Waals surface area contributed by atoms with Crippen molar-refractivity contribution in [3.63, 3.8) is 0 Å². The highest BCUT2D eigenvalue weighted by Gasteiger charge is 2.12. The van der Waals surface area contributed by atoms with E-state index in [-0.39, 0.29) is 0 Å². The van der Waals surface area contributed by atoms with E-state index in [4.69, 9.17) is 4.42 Å². The molecule has 1 heterocycles. The third kappa shape index (κ3) is 2.92. The van der Waals surface area contributed by atoms with Gasteiger partial charge in [-0.3, -0.25) is 4.99 Å². The van der Waals surface area contributed by atoms with E-state index in [1.165, 1.54) is 0 Å². The first-order valence-corrected chi connectivity index (χ1v) is 7.83. The summed E-state index contributed by atoms with van der Waals surface area (Å²) in [6, 6.07) is 27.8. The Morgan fingerprint density at radius 3 is 2.21 bits per heavy atom. The molecule has 0 aliphatic rings. The molecule has 0 radical (unpaired) electrons. The van der Waals surface area contributed by atoms with Gasteiger partial charge in [-0.05, 0) is 30.3 Å². The number of benzene rings is 3. The average Bonchev–Trinajstić information content (AvgIpc) is 2.99. The normalized spacial score (nSPS) is 11.2. The van der Waals surface area contributed by atoms with Gasteiger partial charge in [0.25, 0.3) is 0 Å². The molecule has 116 valence electrons. The van der Waals surface area contributed by atoms with Gasteiger partial charge in [-0.25, -0.2) is 0 Å². The van der Waals surface area contributed by atoms with Gasteiger partial charge >= 0.3 is 0 Å². The predicted octanol–water partition coefficient (Wildman–Crippen LogP) is 5.93. The lowest BCUT2D eigenvalue weighted by atomic mass is 10.2. The van der Waals surface area contributed by atoms with Gasteiger partial charge in [0.15, 0.2) is 0 Å². The molecule has 24 heavy (non-hydrogen) atoms. The molecule has 0 spiro atoms. The number of fused-ring (bicyclic) bond motifs is 1. The van der Waals surface area contributed by atoms with Crippen molar-refractivity contribution in [2.75, 3.05) is 5.32 Å². The lowest BCUT2D eigenvalue weighted by Crippen LogP contribution is -1.92. The summed E-state index contributed by atoms with van der Waals surface area (Å²) in [5.74, 6) is 0.696. The molecular weight excluding hydrogens is 296 g/mol. The van der Waals surface area contributed by atoms with E-state index in [1.807, 2.05) is 91.1 Å². The molecule has 1 N–H and O–H groups in total. The van der Waals surface area contributed by atoms with E-state index in [2.05, 4.69) is 10.3 Å². The van der Waals surface area contributed by atoms with E-state index in [1.54, 1.807) is 0 Å². The minimum atomic E-state index is 0.696. The number of hydrogen-bond acceptors (Lipinski definition) is 3. The summed E-state index contributed by atoms with van der Waals surface area (Å²) in [5, 5.41) is 4.38. The first-order chi connectivity index (χ1) is 11.9. The number of hydrogen-bond donors (Lipinski definition) is 1. The molecule has 0 saturated carbocycles. The summed E-state index contributed by atoms with van der Waals surface area (Å²) in [4.78, 5) is 4.58. The summed E-state index contributed by atoms with van der Waals surface area (Å²) >= 11 is 0. The van der Waals surface area contributed by atoms with Crippen LogP contribution >= 0.6 is 0 Å². The summed E-state index contributed by atoms with van der Waals surface area (Å²) in [6.07, 6.45) is 1.85. The van der Waals surface area contributed by atoms with E-state index >= 15 is 0 Å². The average molecular weight is 312 g/mol. The maximum Gasteiger partial charge on any atom is 0.207 e. The van der Waals surface area contributed by atoms with Crippen molar-refractivity contribution in [2.24, 2.45) is 4.99 Å². The lowest BCUT2D eigenvalue weighted by Gasteiger charge is -2.03. The number of nitrogens with zero attached hydrogens (tertiary/aromatic N) is 1. The van der Waals surface area contributed by atoms with E-state index in [0.717, 1.165) is 27.9 Å².